The summed E-state index contributed by atoms with van der Waals surface area (Å²) in [6.07, 6.45) is 5.91. The van der Waals surface area contributed by atoms with Crippen molar-refractivity contribution in [1.82, 2.24) is 25.8 Å². The van der Waals surface area contributed by atoms with Gasteiger partial charge in [-0.15, -0.1) is 0 Å². The molecule has 1 aromatic heterocycles. The summed E-state index contributed by atoms with van der Waals surface area (Å²) in [6, 6.07) is 23.8. The molecule has 8 N–H and O–H groups in total. The van der Waals surface area contributed by atoms with E-state index >= 15 is 4.39 Å². The summed E-state index contributed by atoms with van der Waals surface area (Å²) >= 11 is 1.24. The van der Waals surface area contributed by atoms with Crippen LogP contribution < -0.4 is 37.0 Å². The van der Waals surface area contributed by atoms with E-state index in [0.29, 0.717) is 81.4 Å². The molecule has 5 aromatic rings. The fraction of sp³-hybridized carbons (Fsp3) is 0.271. The number of unbranched alkanes of at least 4 members (excludes halogenated alkanes) is 2. The third-order valence-corrected chi connectivity index (χ3v) is 12.1. The van der Waals surface area contributed by atoms with Crippen LogP contribution in [0, 0.1) is 5.82 Å². The van der Waals surface area contributed by atoms with E-state index in [9.17, 15) is 28.8 Å². The topological polar surface area (TPSA) is 217 Å². The van der Waals surface area contributed by atoms with Crippen LogP contribution in [-0.4, -0.2) is 78.4 Å². The molecular weight excluding hydrogens is 850 g/mol. The average Bonchev–Trinajstić information content (AvgIpc) is 3.64. The standard InChI is InChI=1S/C48H50FN9O6S/c1-51-21-19-29-22-30(9-10-31(29)28-59)38-23-32(25-53-46(38)50)36-16-15-35(24-40(36)49)65-57-34-13-11-33(12-14-34)54-45(62)26-52-20-4-2-3-8-43(60)55-41-7-5-6-37-39(41)27-58(48(37)64)42-17-18-44(61)56-47(42)63/h5-7,9-16,22-25,28,42,51-52,57H,2-4,8,17-21,26-27H2,1H3,(H2,50,53)(H,54,62)(H,55,60)(H,56,61,63). The van der Waals surface area contributed by atoms with Gasteiger partial charge in [0.2, 0.25) is 23.6 Å². The van der Waals surface area contributed by atoms with E-state index in [1.165, 1.54) is 22.9 Å². The number of hydrogen-bond donors (Lipinski definition) is 7. The molecule has 2 aliphatic rings. The van der Waals surface area contributed by atoms with Crippen LogP contribution >= 0.6 is 11.9 Å². The first-order valence-electron chi connectivity index (χ1n) is 21.4. The fourth-order valence-corrected chi connectivity index (χ4v) is 8.46. The minimum atomic E-state index is -0.731. The Balaban J connectivity index is 0.800. The number of imide groups is 1. The van der Waals surface area contributed by atoms with Gasteiger partial charge in [-0.3, -0.25) is 34.1 Å². The van der Waals surface area contributed by atoms with Crippen molar-refractivity contribution in [1.29, 1.82) is 0 Å². The van der Waals surface area contributed by atoms with Gasteiger partial charge in [0.1, 0.15) is 24.0 Å². The number of halogens is 1. The zero-order valence-electron chi connectivity index (χ0n) is 35.8. The number of benzene rings is 4. The number of aldehydes is 1. The number of nitrogens with one attached hydrogen (secondary N) is 6. The van der Waals surface area contributed by atoms with Crippen LogP contribution in [0.4, 0.5) is 27.3 Å². The van der Waals surface area contributed by atoms with E-state index in [4.69, 9.17) is 5.73 Å². The van der Waals surface area contributed by atoms with Gasteiger partial charge in [-0.05, 0) is 123 Å². The predicted molar refractivity (Wildman–Crippen MR) is 250 cm³/mol. The normalized spacial score (nSPS) is 14.5. The lowest BCUT2D eigenvalue weighted by atomic mass is 9.96. The van der Waals surface area contributed by atoms with Crippen LogP contribution in [-0.2, 0) is 32.1 Å². The lowest BCUT2D eigenvalue weighted by Gasteiger charge is -2.29. The number of nitrogens with zero attached hydrogens (tertiary/aromatic N) is 2. The second-order valence-electron chi connectivity index (χ2n) is 15.8. The highest BCUT2D eigenvalue weighted by Crippen LogP contribution is 2.35. The van der Waals surface area contributed by atoms with E-state index in [2.05, 4.69) is 36.3 Å². The number of piperidine rings is 1. The minimum absolute atomic E-state index is 0.117. The quantitative estimate of drug-likeness (QED) is 0.0198. The van der Waals surface area contributed by atoms with Gasteiger partial charge in [-0.2, -0.15) is 0 Å². The van der Waals surface area contributed by atoms with Crippen molar-refractivity contribution in [2.45, 2.75) is 62.4 Å². The summed E-state index contributed by atoms with van der Waals surface area (Å²) in [5.74, 6) is -1.64. The number of nitrogens with two attached hydrogens (primary N) is 1. The molecular formula is C48H50FN9O6S. The molecule has 1 saturated heterocycles. The van der Waals surface area contributed by atoms with Crippen molar-refractivity contribution >= 4 is 70.7 Å². The molecule has 336 valence electrons. The van der Waals surface area contributed by atoms with Gasteiger partial charge in [0, 0.05) is 80.9 Å². The molecule has 0 spiro atoms. The van der Waals surface area contributed by atoms with Crippen molar-refractivity contribution in [2.24, 2.45) is 0 Å². The monoisotopic (exact) mass is 899 g/mol. The Labute approximate surface area is 380 Å². The second kappa shape index (κ2) is 21.6. The Hall–Kier alpha value is -6.95. The zero-order valence-corrected chi connectivity index (χ0v) is 36.6. The predicted octanol–water partition coefficient (Wildman–Crippen LogP) is 6.32. The number of pyridine rings is 1. The maximum Gasteiger partial charge on any atom is 0.255 e. The number of nitrogen functional groups attached to an aromatic ring is 1. The summed E-state index contributed by atoms with van der Waals surface area (Å²) in [5.41, 5.74) is 13.1. The molecule has 0 bridgehead atoms. The van der Waals surface area contributed by atoms with Gasteiger partial charge >= 0.3 is 0 Å². The van der Waals surface area contributed by atoms with Crippen molar-refractivity contribution in [2.75, 3.05) is 47.8 Å². The fourth-order valence-electron chi connectivity index (χ4n) is 7.79. The van der Waals surface area contributed by atoms with Gasteiger partial charge in [0.15, 0.2) is 0 Å². The smallest absolute Gasteiger partial charge is 0.255 e. The molecule has 0 saturated carbocycles. The van der Waals surface area contributed by atoms with Gasteiger partial charge in [-0.25, -0.2) is 9.37 Å². The van der Waals surface area contributed by atoms with Crippen molar-refractivity contribution in [3.05, 3.63) is 119 Å². The minimum Gasteiger partial charge on any atom is -0.383 e. The van der Waals surface area contributed by atoms with Crippen LogP contribution in [0.5, 0.6) is 0 Å². The molecule has 1 fully saturated rings. The Kier molecular flexibility index (Phi) is 15.3. The van der Waals surface area contributed by atoms with Gasteiger partial charge in [0.05, 0.1) is 6.54 Å². The molecule has 17 heteroatoms. The third-order valence-electron chi connectivity index (χ3n) is 11.2. The van der Waals surface area contributed by atoms with Crippen LogP contribution in [0.25, 0.3) is 22.3 Å². The lowest BCUT2D eigenvalue weighted by Crippen LogP contribution is -2.52. The highest BCUT2D eigenvalue weighted by Gasteiger charge is 2.40. The number of carbonyl (C=O) groups excluding carboxylic acids is 6. The molecule has 15 nitrogen and oxygen atoms in total. The summed E-state index contributed by atoms with van der Waals surface area (Å²) in [4.78, 5) is 80.5. The molecule has 3 heterocycles. The Morgan fingerprint density at radius 3 is 2.48 bits per heavy atom. The van der Waals surface area contributed by atoms with Gasteiger partial charge < -0.3 is 36.6 Å². The van der Waals surface area contributed by atoms with Crippen LogP contribution in [0.2, 0.25) is 0 Å². The first kappa shape index (κ1) is 46.1. The van der Waals surface area contributed by atoms with Crippen molar-refractivity contribution in [3.8, 4) is 22.3 Å². The molecule has 0 radical (unpaired) electrons. The van der Waals surface area contributed by atoms with Crippen molar-refractivity contribution < 1.29 is 33.2 Å². The second-order valence-corrected chi connectivity index (χ2v) is 16.7. The first-order valence-corrected chi connectivity index (χ1v) is 22.2. The highest BCUT2D eigenvalue weighted by atomic mass is 32.2. The lowest BCUT2D eigenvalue weighted by molar-refractivity contribution is -0.137. The summed E-state index contributed by atoms with van der Waals surface area (Å²) < 4.78 is 18.7. The molecule has 65 heavy (non-hydrogen) atoms. The van der Waals surface area contributed by atoms with E-state index < -0.39 is 17.8 Å². The van der Waals surface area contributed by atoms with E-state index in [1.54, 1.807) is 54.7 Å². The number of hydrogen-bond acceptors (Lipinski definition) is 12. The SMILES string of the molecule is CNCCc1cc(-c2cc(-c3ccc(SNc4ccc(NC(=O)CNCCCCCC(=O)Nc5cccc6c5CN(C5CCC(=O)NC5=O)C6=O)cc4)cc3F)cnc2N)ccc1C=O. The Bertz CT molecular complexity index is 2610. The van der Waals surface area contributed by atoms with Crippen LogP contribution in [0.3, 0.4) is 0 Å². The number of fused-ring (bicyclic) bond motifs is 1. The number of anilines is 4. The summed E-state index contributed by atoms with van der Waals surface area (Å²) in [5, 5.41) is 14.3. The third kappa shape index (κ3) is 11.6. The molecule has 7 rings (SSSR count). The largest absolute Gasteiger partial charge is 0.383 e. The van der Waals surface area contributed by atoms with E-state index in [1.807, 2.05) is 37.4 Å². The highest BCUT2D eigenvalue weighted by molar-refractivity contribution is 8.00. The van der Waals surface area contributed by atoms with E-state index in [-0.39, 0.29) is 56.0 Å². The maximum atomic E-state index is 15.5. The van der Waals surface area contributed by atoms with Crippen LogP contribution in [0.15, 0.2) is 96.0 Å². The molecule has 1 atom stereocenters. The zero-order chi connectivity index (χ0) is 45.9. The maximum absolute atomic E-state index is 15.5. The number of rotatable bonds is 20. The number of carbonyl (C=O) groups is 6. The molecule has 4 aromatic carbocycles. The molecule has 1 unspecified atom stereocenters. The molecule has 5 amide bonds. The van der Waals surface area contributed by atoms with Gasteiger partial charge in [-0.1, -0.05) is 36.8 Å². The summed E-state index contributed by atoms with van der Waals surface area (Å²) in [7, 11) is 1.85. The Morgan fingerprint density at radius 1 is 0.892 bits per heavy atom. The molecule has 0 aliphatic carbocycles. The summed E-state index contributed by atoms with van der Waals surface area (Å²) in [6.45, 7) is 1.59. The van der Waals surface area contributed by atoms with E-state index in [0.717, 1.165) is 35.9 Å². The van der Waals surface area contributed by atoms with Crippen molar-refractivity contribution in [3.63, 3.8) is 0 Å². The first-order chi connectivity index (χ1) is 31.5. The number of likely N-dealkylation sites (N-methyl/N-ethyl adjacent to an activating group) is 1. The Morgan fingerprint density at radius 2 is 1.71 bits per heavy atom. The van der Waals surface area contributed by atoms with Gasteiger partial charge in [0.25, 0.3) is 5.91 Å². The number of aromatic nitrogens is 1. The molecule has 2 aliphatic heterocycles. The number of amides is 5. The average molecular weight is 900 g/mol. The van der Waals surface area contributed by atoms with Crippen LogP contribution in [0.1, 0.15) is 70.4 Å².